The second-order valence-electron chi connectivity index (χ2n) is 7.20. The van der Waals surface area contributed by atoms with Gasteiger partial charge < -0.3 is 10.6 Å². The van der Waals surface area contributed by atoms with Crippen LogP contribution >= 0.6 is 11.8 Å². The predicted molar refractivity (Wildman–Crippen MR) is 107 cm³/mol. The van der Waals surface area contributed by atoms with Gasteiger partial charge in [-0.1, -0.05) is 24.5 Å². The van der Waals surface area contributed by atoms with Crippen molar-refractivity contribution in [2.45, 2.75) is 38.6 Å². The molecule has 1 saturated carbocycles. The summed E-state index contributed by atoms with van der Waals surface area (Å²) >= 11 is 1.26. The van der Waals surface area contributed by atoms with E-state index in [1.807, 2.05) is 6.92 Å². The van der Waals surface area contributed by atoms with E-state index in [1.165, 1.54) is 11.8 Å². The summed E-state index contributed by atoms with van der Waals surface area (Å²) in [5, 5.41) is 5.68. The van der Waals surface area contributed by atoms with E-state index in [1.54, 1.807) is 18.2 Å². The minimum atomic E-state index is -0.327. The lowest BCUT2D eigenvalue weighted by Gasteiger charge is -2.14. The van der Waals surface area contributed by atoms with Crippen LogP contribution in [0.25, 0.3) is 0 Å². The predicted octanol–water partition coefficient (Wildman–Crippen LogP) is 1.50. The largest absolute Gasteiger partial charge is 0.354 e. The molecule has 4 amide bonds. The molecule has 0 saturated heterocycles. The Kier molecular flexibility index (Phi) is 6.72. The van der Waals surface area contributed by atoms with Crippen molar-refractivity contribution in [1.82, 2.24) is 15.5 Å². The molecular weight excluding hydrogens is 378 g/mol. The van der Waals surface area contributed by atoms with E-state index < -0.39 is 0 Å². The normalized spacial score (nSPS) is 16.4. The van der Waals surface area contributed by atoms with E-state index in [4.69, 9.17) is 0 Å². The molecule has 0 radical (unpaired) electrons. The number of carbonyl (C=O) groups excluding carboxylic acids is 4. The van der Waals surface area contributed by atoms with Gasteiger partial charge in [0.25, 0.3) is 11.8 Å². The van der Waals surface area contributed by atoms with Crippen molar-refractivity contribution in [2.24, 2.45) is 0 Å². The highest BCUT2D eigenvalue weighted by atomic mass is 32.2. The van der Waals surface area contributed by atoms with Gasteiger partial charge in [0.05, 0.1) is 22.6 Å². The first kappa shape index (κ1) is 20.4. The van der Waals surface area contributed by atoms with Gasteiger partial charge in [0.15, 0.2) is 0 Å². The number of aryl methyl sites for hydroxylation is 1. The molecule has 150 valence electrons. The average Bonchev–Trinajstić information content (AvgIpc) is 3.24. The first-order valence-electron chi connectivity index (χ1n) is 9.56. The molecule has 2 N–H and O–H groups in total. The van der Waals surface area contributed by atoms with Crippen molar-refractivity contribution in [1.29, 1.82) is 0 Å². The van der Waals surface area contributed by atoms with Crippen LogP contribution in [0.2, 0.25) is 0 Å². The Morgan fingerprint density at radius 3 is 2.50 bits per heavy atom. The zero-order chi connectivity index (χ0) is 20.1. The highest BCUT2D eigenvalue weighted by Crippen LogP contribution is 2.23. The molecule has 1 fully saturated rings. The van der Waals surface area contributed by atoms with E-state index >= 15 is 0 Å². The van der Waals surface area contributed by atoms with Crippen LogP contribution in [0.3, 0.4) is 0 Å². The summed E-state index contributed by atoms with van der Waals surface area (Å²) in [6.45, 7) is 2.19. The van der Waals surface area contributed by atoms with E-state index in [2.05, 4.69) is 10.6 Å². The molecule has 7 nitrogen and oxygen atoms in total. The van der Waals surface area contributed by atoms with Gasteiger partial charge in [0.2, 0.25) is 11.8 Å². The molecule has 0 spiro atoms. The van der Waals surface area contributed by atoms with Gasteiger partial charge >= 0.3 is 0 Å². The third kappa shape index (κ3) is 4.92. The SMILES string of the molecule is Cc1ccc2c(c1)C(=O)N(CCNC(=O)CSCC(=O)NC1CCCC1)C2=O. The summed E-state index contributed by atoms with van der Waals surface area (Å²) in [6.07, 6.45) is 4.39. The zero-order valence-electron chi connectivity index (χ0n) is 16.0. The third-order valence-corrected chi connectivity index (χ3v) is 5.90. The summed E-state index contributed by atoms with van der Waals surface area (Å²) in [7, 11) is 0. The van der Waals surface area contributed by atoms with Crippen molar-refractivity contribution in [3.8, 4) is 0 Å². The summed E-state index contributed by atoms with van der Waals surface area (Å²) in [5.74, 6) is -0.485. The maximum absolute atomic E-state index is 12.4. The van der Waals surface area contributed by atoms with E-state index in [-0.39, 0.29) is 54.3 Å². The van der Waals surface area contributed by atoms with Crippen molar-refractivity contribution < 1.29 is 19.2 Å². The number of fused-ring (bicyclic) bond motifs is 1. The molecule has 0 aromatic heterocycles. The van der Waals surface area contributed by atoms with Crippen LogP contribution < -0.4 is 10.6 Å². The number of hydrogen-bond acceptors (Lipinski definition) is 5. The number of benzene rings is 1. The Hall–Kier alpha value is -2.35. The van der Waals surface area contributed by atoms with Crippen LogP contribution in [0.15, 0.2) is 18.2 Å². The fourth-order valence-electron chi connectivity index (χ4n) is 3.54. The third-order valence-electron chi connectivity index (χ3n) is 4.97. The molecule has 0 atom stereocenters. The highest BCUT2D eigenvalue weighted by Gasteiger charge is 2.35. The van der Waals surface area contributed by atoms with Crippen LogP contribution in [0, 0.1) is 6.92 Å². The van der Waals surface area contributed by atoms with Crippen LogP contribution in [0.1, 0.15) is 52.0 Å². The zero-order valence-corrected chi connectivity index (χ0v) is 16.8. The number of carbonyl (C=O) groups is 4. The number of imide groups is 1. The number of hydrogen-bond donors (Lipinski definition) is 2. The maximum Gasteiger partial charge on any atom is 0.261 e. The number of nitrogens with one attached hydrogen (secondary N) is 2. The lowest BCUT2D eigenvalue weighted by molar-refractivity contribution is -0.119. The first-order chi connectivity index (χ1) is 13.5. The van der Waals surface area contributed by atoms with Crippen molar-refractivity contribution in [3.63, 3.8) is 0 Å². The van der Waals surface area contributed by atoms with Crippen molar-refractivity contribution >= 4 is 35.4 Å². The van der Waals surface area contributed by atoms with Crippen molar-refractivity contribution in [2.75, 3.05) is 24.6 Å². The maximum atomic E-state index is 12.4. The van der Waals surface area contributed by atoms with Gasteiger partial charge in [-0.15, -0.1) is 11.8 Å². The minimum Gasteiger partial charge on any atom is -0.354 e. The van der Waals surface area contributed by atoms with Crippen LogP contribution in [0.5, 0.6) is 0 Å². The van der Waals surface area contributed by atoms with Gasteiger partial charge in [-0.05, 0) is 31.9 Å². The standard InChI is InChI=1S/C20H25N3O4S/c1-13-6-7-15-16(10-13)20(27)23(19(15)26)9-8-21-17(24)11-28-12-18(25)22-14-4-2-3-5-14/h6-7,10,14H,2-5,8-9,11-12H2,1H3,(H,21,24)(H,22,25). The molecule has 2 aliphatic rings. The molecule has 1 aromatic rings. The molecule has 1 aliphatic carbocycles. The Bertz CT molecular complexity index is 790. The van der Waals surface area contributed by atoms with Gasteiger partial charge in [-0.25, -0.2) is 0 Å². The van der Waals surface area contributed by atoms with Crippen LogP contribution in [-0.2, 0) is 9.59 Å². The van der Waals surface area contributed by atoms with Gasteiger partial charge in [0, 0.05) is 19.1 Å². The molecule has 0 bridgehead atoms. The number of nitrogens with zero attached hydrogens (tertiary/aromatic N) is 1. The smallest absolute Gasteiger partial charge is 0.261 e. The second kappa shape index (κ2) is 9.23. The minimum absolute atomic E-state index is 0.0361. The molecule has 1 heterocycles. The average molecular weight is 404 g/mol. The molecule has 1 aromatic carbocycles. The molecular formula is C20H25N3O4S. The second-order valence-corrected chi connectivity index (χ2v) is 8.19. The van der Waals surface area contributed by atoms with Crippen molar-refractivity contribution in [3.05, 3.63) is 34.9 Å². The van der Waals surface area contributed by atoms with Crippen LogP contribution in [-0.4, -0.2) is 59.2 Å². The summed E-state index contributed by atoms with van der Waals surface area (Å²) in [5.41, 5.74) is 1.75. The number of amides is 4. The number of thioether (sulfide) groups is 1. The summed E-state index contributed by atoms with van der Waals surface area (Å²) < 4.78 is 0. The fourth-order valence-corrected chi connectivity index (χ4v) is 4.20. The molecule has 3 rings (SSSR count). The Morgan fingerprint density at radius 1 is 1.07 bits per heavy atom. The Morgan fingerprint density at radius 2 is 1.75 bits per heavy atom. The molecule has 8 heteroatoms. The fraction of sp³-hybridized carbons (Fsp3) is 0.500. The van der Waals surface area contributed by atoms with Gasteiger partial charge in [-0.2, -0.15) is 0 Å². The van der Waals surface area contributed by atoms with Gasteiger partial charge in [-0.3, -0.25) is 24.1 Å². The quantitative estimate of drug-likeness (QED) is 0.642. The lowest BCUT2D eigenvalue weighted by atomic mass is 10.1. The lowest BCUT2D eigenvalue weighted by Crippen LogP contribution is -2.39. The molecule has 0 unspecified atom stereocenters. The summed E-state index contributed by atoms with van der Waals surface area (Å²) in [6, 6.07) is 5.46. The van der Waals surface area contributed by atoms with E-state index in [0.29, 0.717) is 11.1 Å². The molecule has 28 heavy (non-hydrogen) atoms. The Labute approximate surface area is 168 Å². The van der Waals surface area contributed by atoms with Gasteiger partial charge in [0.1, 0.15) is 0 Å². The highest BCUT2D eigenvalue weighted by molar-refractivity contribution is 8.00. The summed E-state index contributed by atoms with van der Waals surface area (Å²) in [4.78, 5) is 49.6. The monoisotopic (exact) mass is 403 g/mol. The topological polar surface area (TPSA) is 95.6 Å². The Balaban J connectivity index is 1.35. The first-order valence-corrected chi connectivity index (χ1v) is 10.7. The van der Waals surface area contributed by atoms with E-state index in [9.17, 15) is 19.2 Å². The molecule has 1 aliphatic heterocycles. The van der Waals surface area contributed by atoms with E-state index in [0.717, 1.165) is 36.1 Å². The number of rotatable bonds is 8. The van der Waals surface area contributed by atoms with Crippen LogP contribution in [0.4, 0.5) is 0 Å².